The van der Waals surface area contributed by atoms with Gasteiger partial charge < -0.3 is 0 Å². The molecular weight excluding hydrogens is 151 g/mol. The molecule has 0 unspecified atom stereocenters. The Morgan fingerprint density at radius 1 is 1.50 bits per heavy atom. The summed E-state index contributed by atoms with van der Waals surface area (Å²) in [6.07, 6.45) is 0. The third kappa shape index (κ3) is 1.29. The van der Waals surface area contributed by atoms with Crippen molar-refractivity contribution in [1.82, 2.24) is 0 Å². The van der Waals surface area contributed by atoms with E-state index in [1.165, 1.54) is 0 Å². The van der Waals surface area contributed by atoms with Gasteiger partial charge in [0.1, 0.15) is 6.67 Å². The molecule has 0 saturated carbocycles. The van der Waals surface area contributed by atoms with E-state index in [4.69, 9.17) is 11.6 Å². The highest BCUT2D eigenvalue weighted by Crippen LogP contribution is 2.20. The summed E-state index contributed by atoms with van der Waals surface area (Å²) in [7, 11) is 0. The molecular formula is C8H8ClF. The van der Waals surface area contributed by atoms with Crippen molar-refractivity contribution in [2.75, 3.05) is 0 Å². The van der Waals surface area contributed by atoms with Crippen molar-refractivity contribution < 1.29 is 4.39 Å². The van der Waals surface area contributed by atoms with E-state index in [1.807, 2.05) is 13.0 Å². The van der Waals surface area contributed by atoms with Gasteiger partial charge >= 0.3 is 0 Å². The fraction of sp³-hybridized carbons (Fsp3) is 0.250. The fourth-order valence-electron chi connectivity index (χ4n) is 0.811. The molecule has 0 aliphatic rings. The second-order valence-electron chi connectivity index (χ2n) is 2.18. The highest BCUT2D eigenvalue weighted by molar-refractivity contribution is 6.32. The lowest BCUT2D eigenvalue weighted by Gasteiger charge is -2.00. The Kier molecular flexibility index (Phi) is 2.28. The van der Waals surface area contributed by atoms with E-state index in [0.29, 0.717) is 10.6 Å². The van der Waals surface area contributed by atoms with Crippen LogP contribution in [0.15, 0.2) is 18.2 Å². The molecule has 0 fully saturated rings. The number of benzene rings is 1. The van der Waals surface area contributed by atoms with Gasteiger partial charge in [-0.3, -0.25) is 0 Å². The zero-order chi connectivity index (χ0) is 7.56. The maximum Gasteiger partial charge on any atom is 0.116 e. The minimum Gasteiger partial charge on any atom is -0.246 e. The van der Waals surface area contributed by atoms with Crippen molar-refractivity contribution in [2.45, 2.75) is 13.6 Å². The molecule has 2 heteroatoms. The van der Waals surface area contributed by atoms with Gasteiger partial charge in [-0.15, -0.1) is 0 Å². The summed E-state index contributed by atoms with van der Waals surface area (Å²) >= 11 is 5.75. The van der Waals surface area contributed by atoms with Gasteiger partial charge in [0.25, 0.3) is 0 Å². The summed E-state index contributed by atoms with van der Waals surface area (Å²) < 4.78 is 12.1. The van der Waals surface area contributed by atoms with Gasteiger partial charge in [0.2, 0.25) is 0 Å². The summed E-state index contributed by atoms with van der Waals surface area (Å²) in [6, 6.07) is 5.35. The van der Waals surface area contributed by atoms with Crippen molar-refractivity contribution in [3.05, 3.63) is 34.3 Å². The minimum absolute atomic E-state index is 0.486. The second-order valence-corrected chi connectivity index (χ2v) is 2.56. The highest BCUT2D eigenvalue weighted by Gasteiger charge is 1.99. The summed E-state index contributed by atoms with van der Waals surface area (Å²) in [5.74, 6) is 0. The van der Waals surface area contributed by atoms with Gasteiger partial charge in [-0.05, 0) is 12.5 Å². The molecule has 0 heterocycles. The van der Waals surface area contributed by atoms with Gasteiger partial charge in [0.05, 0.1) is 0 Å². The van der Waals surface area contributed by atoms with Crippen LogP contribution in [-0.4, -0.2) is 0 Å². The molecule has 54 valence electrons. The van der Waals surface area contributed by atoms with Crippen LogP contribution in [0, 0.1) is 6.92 Å². The number of rotatable bonds is 1. The zero-order valence-corrected chi connectivity index (χ0v) is 6.45. The Bertz CT molecular complexity index is 233. The average Bonchev–Trinajstić information content (AvgIpc) is 1.95. The molecule has 0 nitrogen and oxygen atoms in total. The summed E-state index contributed by atoms with van der Waals surface area (Å²) in [5.41, 5.74) is 1.50. The van der Waals surface area contributed by atoms with Gasteiger partial charge in [0, 0.05) is 10.6 Å². The van der Waals surface area contributed by atoms with Crippen molar-refractivity contribution in [1.29, 1.82) is 0 Å². The molecule has 0 amide bonds. The van der Waals surface area contributed by atoms with Crippen LogP contribution in [0.1, 0.15) is 11.1 Å². The smallest absolute Gasteiger partial charge is 0.116 e. The molecule has 0 atom stereocenters. The van der Waals surface area contributed by atoms with Crippen molar-refractivity contribution >= 4 is 11.6 Å². The highest BCUT2D eigenvalue weighted by atomic mass is 35.5. The molecule has 1 aromatic carbocycles. The van der Waals surface area contributed by atoms with Crippen LogP contribution in [0.3, 0.4) is 0 Å². The normalized spacial score (nSPS) is 9.90. The second kappa shape index (κ2) is 3.02. The molecule has 0 saturated heterocycles. The van der Waals surface area contributed by atoms with Crippen LogP contribution >= 0.6 is 11.6 Å². The van der Waals surface area contributed by atoms with Crippen LogP contribution in [0.25, 0.3) is 0 Å². The fourth-order valence-corrected chi connectivity index (χ4v) is 0.988. The van der Waals surface area contributed by atoms with Crippen molar-refractivity contribution in [3.63, 3.8) is 0 Å². The quantitative estimate of drug-likeness (QED) is 0.589. The topological polar surface area (TPSA) is 0 Å². The Balaban J connectivity index is 3.14. The van der Waals surface area contributed by atoms with Gasteiger partial charge in [-0.25, -0.2) is 4.39 Å². The maximum atomic E-state index is 12.1. The first-order valence-electron chi connectivity index (χ1n) is 3.05. The zero-order valence-electron chi connectivity index (χ0n) is 5.70. The van der Waals surface area contributed by atoms with Gasteiger partial charge in [-0.2, -0.15) is 0 Å². The monoisotopic (exact) mass is 158 g/mol. The first-order chi connectivity index (χ1) is 4.75. The lowest BCUT2D eigenvalue weighted by molar-refractivity contribution is 0.485. The van der Waals surface area contributed by atoms with Crippen LogP contribution in [0.5, 0.6) is 0 Å². The third-order valence-electron chi connectivity index (χ3n) is 1.42. The maximum absolute atomic E-state index is 12.1. The van der Waals surface area contributed by atoms with E-state index in [9.17, 15) is 4.39 Å². The molecule has 0 spiro atoms. The molecule has 10 heavy (non-hydrogen) atoms. The third-order valence-corrected chi connectivity index (χ3v) is 1.96. The number of hydrogen-bond donors (Lipinski definition) is 0. The largest absolute Gasteiger partial charge is 0.246 e. The molecule has 1 rings (SSSR count). The van der Waals surface area contributed by atoms with E-state index in [-0.39, 0.29) is 0 Å². The predicted octanol–water partition coefficient (Wildman–Crippen LogP) is 3.12. The van der Waals surface area contributed by atoms with Gasteiger partial charge in [-0.1, -0.05) is 29.8 Å². The summed E-state index contributed by atoms with van der Waals surface area (Å²) in [5, 5.41) is 0.546. The number of hydrogen-bond acceptors (Lipinski definition) is 0. The van der Waals surface area contributed by atoms with E-state index < -0.39 is 6.67 Å². The number of alkyl halides is 1. The minimum atomic E-state index is -0.486. The Hall–Kier alpha value is -0.560. The van der Waals surface area contributed by atoms with E-state index in [1.54, 1.807) is 12.1 Å². The first-order valence-corrected chi connectivity index (χ1v) is 3.43. The van der Waals surface area contributed by atoms with Crippen LogP contribution in [0.4, 0.5) is 4.39 Å². The first kappa shape index (κ1) is 7.55. The Morgan fingerprint density at radius 3 is 2.70 bits per heavy atom. The Morgan fingerprint density at radius 2 is 2.20 bits per heavy atom. The van der Waals surface area contributed by atoms with Crippen LogP contribution in [-0.2, 0) is 6.67 Å². The van der Waals surface area contributed by atoms with E-state index in [2.05, 4.69) is 0 Å². The molecule has 0 bridgehead atoms. The SMILES string of the molecule is Cc1cccc(CF)c1Cl. The molecule has 0 aliphatic heterocycles. The van der Waals surface area contributed by atoms with Gasteiger partial charge in [0.15, 0.2) is 0 Å². The summed E-state index contributed by atoms with van der Waals surface area (Å²) in [6.45, 7) is 1.38. The lowest BCUT2D eigenvalue weighted by Crippen LogP contribution is -1.82. The standard InChI is InChI=1S/C8H8ClF/c1-6-3-2-4-7(5-10)8(6)9/h2-4H,5H2,1H3. The predicted molar refractivity (Wildman–Crippen MR) is 41.0 cm³/mol. The van der Waals surface area contributed by atoms with Crippen molar-refractivity contribution in [2.24, 2.45) is 0 Å². The van der Waals surface area contributed by atoms with Crippen LogP contribution in [0.2, 0.25) is 5.02 Å². The molecule has 0 N–H and O–H groups in total. The lowest BCUT2D eigenvalue weighted by atomic mass is 10.1. The summed E-state index contributed by atoms with van der Waals surface area (Å²) in [4.78, 5) is 0. The van der Waals surface area contributed by atoms with E-state index in [0.717, 1.165) is 5.56 Å². The Labute approximate surface area is 64.6 Å². The van der Waals surface area contributed by atoms with Crippen molar-refractivity contribution in [3.8, 4) is 0 Å². The molecule has 1 aromatic rings. The molecule has 0 aliphatic carbocycles. The number of aryl methyl sites for hydroxylation is 1. The average molecular weight is 159 g/mol. The molecule has 0 radical (unpaired) electrons. The van der Waals surface area contributed by atoms with E-state index >= 15 is 0 Å². The van der Waals surface area contributed by atoms with Crippen LogP contribution < -0.4 is 0 Å². The number of halogens is 2. The molecule has 0 aromatic heterocycles.